The summed E-state index contributed by atoms with van der Waals surface area (Å²) in [6.07, 6.45) is 1.91. The van der Waals surface area contributed by atoms with Crippen LogP contribution in [0.25, 0.3) is 0 Å². The van der Waals surface area contributed by atoms with Gasteiger partial charge in [-0.3, -0.25) is 14.5 Å². The Morgan fingerprint density at radius 2 is 1.83 bits per heavy atom. The average molecular weight is 487 g/mol. The molecular weight excluding hydrogens is 464 g/mol. The maximum absolute atomic E-state index is 14.5. The summed E-state index contributed by atoms with van der Waals surface area (Å²) in [6, 6.07) is 20.9. The van der Waals surface area contributed by atoms with Crippen LogP contribution in [0.4, 0.5) is 5.69 Å². The van der Waals surface area contributed by atoms with Crippen LogP contribution in [0.3, 0.4) is 0 Å². The van der Waals surface area contributed by atoms with Crippen LogP contribution in [0.2, 0.25) is 5.02 Å². The van der Waals surface area contributed by atoms with Crippen LogP contribution in [-0.2, 0) is 10.3 Å². The Bertz CT molecular complexity index is 1370. The Labute approximate surface area is 207 Å². The van der Waals surface area contributed by atoms with E-state index in [-0.39, 0.29) is 30.4 Å². The molecule has 4 heterocycles. The van der Waals surface area contributed by atoms with Gasteiger partial charge in [0.05, 0.1) is 5.92 Å². The van der Waals surface area contributed by atoms with E-state index in [1.165, 1.54) is 0 Å². The van der Waals surface area contributed by atoms with E-state index in [1.54, 1.807) is 18.2 Å². The number of carbonyl (C=O) groups excluding carboxylic acids is 2. The fourth-order valence-electron chi connectivity index (χ4n) is 6.80. The molecule has 7 heteroatoms. The smallest absolute Gasteiger partial charge is 0.250 e. The first-order chi connectivity index (χ1) is 17.1. The largest absolute Gasteiger partial charge is 0.454 e. The van der Waals surface area contributed by atoms with Crippen LogP contribution < -0.4 is 14.8 Å². The molecule has 4 atom stereocenters. The normalized spacial score (nSPS) is 28.3. The second-order valence-corrected chi connectivity index (χ2v) is 10.1. The van der Waals surface area contributed by atoms with E-state index in [0.717, 1.165) is 36.2 Å². The lowest BCUT2D eigenvalue weighted by atomic mass is 9.69. The lowest BCUT2D eigenvalue weighted by molar-refractivity contribution is -0.127. The highest BCUT2D eigenvalue weighted by molar-refractivity contribution is 6.30. The molecule has 0 aromatic heterocycles. The highest BCUT2D eigenvalue weighted by atomic mass is 35.5. The van der Waals surface area contributed by atoms with Crippen molar-refractivity contribution >= 4 is 29.0 Å². The molecule has 2 fully saturated rings. The van der Waals surface area contributed by atoms with E-state index in [0.29, 0.717) is 22.1 Å². The topological polar surface area (TPSA) is 67.9 Å². The third-order valence-electron chi connectivity index (χ3n) is 8.10. The summed E-state index contributed by atoms with van der Waals surface area (Å²) in [4.78, 5) is 30.8. The summed E-state index contributed by atoms with van der Waals surface area (Å²) in [5.41, 5.74) is 2.14. The van der Waals surface area contributed by atoms with Crippen LogP contribution in [-0.4, -0.2) is 36.0 Å². The fraction of sp³-hybridized carbons (Fsp3) is 0.286. The maximum Gasteiger partial charge on any atom is 0.250 e. The Morgan fingerprint density at radius 3 is 2.69 bits per heavy atom. The minimum atomic E-state index is -1.07. The molecule has 0 aliphatic carbocycles. The predicted octanol–water partition coefficient (Wildman–Crippen LogP) is 4.98. The van der Waals surface area contributed by atoms with Crippen LogP contribution in [0.15, 0.2) is 66.7 Å². The minimum absolute atomic E-state index is 0.0653. The summed E-state index contributed by atoms with van der Waals surface area (Å²) in [6.45, 7) is 0.904. The summed E-state index contributed by atoms with van der Waals surface area (Å²) in [5, 5.41) is 3.75. The lowest BCUT2D eigenvalue weighted by Crippen LogP contribution is -2.52. The molecule has 0 unspecified atom stereocenters. The van der Waals surface area contributed by atoms with Gasteiger partial charge in [0, 0.05) is 33.8 Å². The van der Waals surface area contributed by atoms with Gasteiger partial charge in [0.15, 0.2) is 17.3 Å². The molecule has 2 saturated heterocycles. The van der Waals surface area contributed by atoms with E-state index in [4.69, 9.17) is 21.1 Å². The van der Waals surface area contributed by atoms with Crippen molar-refractivity contribution in [2.24, 2.45) is 5.92 Å². The molecule has 0 radical (unpaired) electrons. The van der Waals surface area contributed by atoms with Crippen molar-refractivity contribution in [2.75, 3.05) is 18.7 Å². The van der Waals surface area contributed by atoms with Crippen LogP contribution in [0, 0.1) is 5.92 Å². The zero-order valence-electron chi connectivity index (χ0n) is 18.9. The molecule has 0 saturated carbocycles. The van der Waals surface area contributed by atoms with Crippen LogP contribution in [0.1, 0.15) is 40.2 Å². The molecule has 176 valence electrons. The zero-order valence-corrected chi connectivity index (χ0v) is 19.6. The number of anilines is 1. The van der Waals surface area contributed by atoms with E-state index in [9.17, 15) is 9.59 Å². The molecule has 0 bridgehead atoms. The Kier molecular flexibility index (Phi) is 4.54. The molecule has 4 aliphatic rings. The SMILES string of the molecule is O=C(c1ccc2c(c1)OCO2)[C@@H]1[C@H](c2ccc(Cl)cc2)[C@@H]2CCCN2[C@]12C(=O)Nc1ccccc12. The highest BCUT2D eigenvalue weighted by Gasteiger charge is 2.69. The number of fused-ring (bicyclic) bond motifs is 5. The van der Waals surface area contributed by atoms with Gasteiger partial charge in [0.2, 0.25) is 12.7 Å². The van der Waals surface area contributed by atoms with Crippen molar-refractivity contribution in [3.63, 3.8) is 0 Å². The molecule has 1 N–H and O–H groups in total. The number of nitrogens with zero attached hydrogens (tertiary/aromatic N) is 1. The van der Waals surface area contributed by atoms with E-state index in [1.807, 2.05) is 48.5 Å². The summed E-state index contributed by atoms with van der Waals surface area (Å²) < 4.78 is 11.0. The van der Waals surface area contributed by atoms with Gasteiger partial charge < -0.3 is 14.8 Å². The van der Waals surface area contributed by atoms with Crippen molar-refractivity contribution in [3.8, 4) is 11.5 Å². The summed E-state index contributed by atoms with van der Waals surface area (Å²) in [7, 11) is 0. The van der Waals surface area contributed by atoms with Crippen molar-refractivity contribution in [3.05, 3.63) is 88.4 Å². The fourth-order valence-corrected chi connectivity index (χ4v) is 6.93. The van der Waals surface area contributed by atoms with Crippen LogP contribution in [0.5, 0.6) is 11.5 Å². The van der Waals surface area contributed by atoms with Gasteiger partial charge in [-0.1, -0.05) is 41.9 Å². The zero-order chi connectivity index (χ0) is 23.7. The number of halogens is 1. The van der Waals surface area contributed by atoms with E-state index >= 15 is 0 Å². The van der Waals surface area contributed by atoms with Gasteiger partial charge in [-0.15, -0.1) is 0 Å². The monoisotopic (exact) mass is 486 g/mol. The number of benzene rings is 3. The third-order valence-corrected chi connectivity index (χ3v) is 8.35. The molecular formula is C28H23ClN2O4. The molecule has 1 amide bonds. The average Bonchev–Trinajstić information content (AvgIpc) is 3.63. The number of hydrogen-bond acceptors (Lipinski definition) is 5. The van der Waals surface area contributed by atoms with Gasteiger partial charge in [0.1, 0.15) is 5.54 Å². The Balaban J connectivity index is 1.46. The molecule has 1 spiro atoms. The van der Waals surface area contributed by atoms with Gasteiger partial charge in [-0.05, 0) is 61.3 Å². The van der Waals surface area contributed by atoms with Crippen molar-refractivity contribution < 1.29 is 19.1 Å². The molecule has 3 aromatic carbocycles. The molecule has 4 aliphatic heterocycles. The van der Waals surface area contributed by atoms with Gasteiger partial charge in [0.25, 0.3) is 0 Å². The first-order valence-corrected chi connectivity index (χ1v) is 12.3. The quantitative estimate of drug-likeness (QED) is 0.529. The minimum Gasteiger partial charge on any atom is -0.454 e. The van der Waals surface area contributed by atoms with Gasteiger partial charge >= 0.3 is 0 Å². The highest BCUT2D eigenvalue weighted by Crippen LogP contribution is 2.61. The maximum atomic E-state index is 14.5. The van der Waals surface area contributed by atoms with E-state index in [2.05, 4.69) is 10.2 Å². The van der Waals surface area contributed by atoms with Crippen molar-refractivity contribution in [2.45, 2.75) is 30.3 Å². The number of rotatable bonds is 3. The molecule has 35 heavy (non-hydrogen) atoms. The number of ketones is 1. The number of ether oxygens (including phenoxy) is 2. The third kappa shape index (κ3) is 2.81. The second-order valence-electron chi connectivity index (χ2n) is 9.66. The number of carbonyl (C=O) groups is 2. The van der Waals surface area contributed by atoms with Gasteiger partial charge in [-0.25, -0.2) is 0 Å². The lowest BCUT2D eigenvalue weighted by Gasteiger charge is -2.36. The summed E-state index contributed by atoms with van der Waals surface area (Å²) in [5.74, 6) is 0.220. The second kappa shape index (κ2) is 7.57. The number of para-hydroxylation sites is 1. The Morgan fingerprint density at radius 1 is 1.03 bits per heavy atom. The predicted molar refractivity (Wildman–Crippen MR) is 131 cm³/mol. The Hall–Kier alpha value is -3.35. The molecule has 7 rings (SSSR count). The van der Waals surface area contributed by atoms with E-state index < -0.39 is 11.5 Å². The number of Topliss-reactive ketones (excluding diaryl/α,β-unsaturated/α-hetero) is 1. The summed E-state index contributed by atoms with van der Waals surface area (Å²) >= 11 is 6.22. The number of hydrogen-bond donors (Lipinski definition) is 1. The van der Waals surface area contributed by atoms with Crippen molar-refractivity contribution in [1.82, 2.24) is 4.90 Å². The molecule has 6 nitrogen and oxygen atoms in total. The first kappa shape index (κ1) is 21.0. The van der Waals surface area contributed by atoms with Gasteiger partial charge in [-0.2, -0.15) is 0 Å². The van der Waals surface area contributed by atoms with Crippen LogP contribution >= 0.6 is 11.6 Å². The standard InChI is InChI=1S/C28H23ClN2O4/c29-18-10-7-16(8-11-18)24-21-6-3-13-31(21)28(19-4-1-2-5-20(19)30-27(28)33)25(24)26(32)17-9-12-22-23(14-17)35-15-34-22/h1-2,4-5,7-12,14,21,24-25H,3,6,13,15H2,(H,30,33)/t21-,24+,25-,28-/m0/s1. The molecule has 3 aromatic rings. The first-order valence-electron chi connectivity index (χ1n) is 12.0. The number of amides is 1. The van der Waals surface area contributed by atoms with Crippen molar-refractivity contribution in [1.29, 1.82) is 0 Å². The number of nitrogens with one attached hydrogen (secondary N) is 1.